The highest BCUT2D eigenvalue weighted by molar-refractivity contribution is 7.07. The number of anilines is 1. The number of hydrogen-bond acceptors (Lipinski definition) is 6. The van der Waals surface area contributed by atoms with Crippen LogP contribution in [0.3, 0.4) is 0 Å². The molecule has 4 rings (SSSR count). The summed E-state index contributed by atoms with van der Waals surface area (Å²) in [5.41, 5.74) is 0.963. The first-order chi connectivity index (χ1) is 11.5. The van der Waals surface area contributed by atoms with Crippen LogP contribution in [-0.4, -0.2) is 22.5 Å². The van der Waals surface area contributed by atoms with Gasteiger partial charge in [0.15, 0.2) is 5.76 Å². The summed E-state index contributed by atoms with van der Waals surface area (Å²) in [6.07, 6.45) is 1.20. The first-order valence-electron chi connectivity index (χ1n) is 7.47. The van der Waals surface area contributed by atoms with Gasteiger partial charge in [0.2, 0.25) is 0 Å². The molecule has 3 heterocycles. The lowest BCUT2D eigenvalue weighted by molar-refractivity contribution is -0.140. The number of hydrogen-bond donors (Lipinski definition) is 2. The van der Waals surface area contributed by atoms with Crippen LogP contribution in [0.2, 0.25) is 0 Å². The second-order valence-electron chi connectivity index (χ2n) is 5.82. The lowest BCUT2D eigenvalue weighted by atomic mass is 10.0. The van der Waals surface area contributed by atoms with Crippen molar-refractivity contribution in [2.75, 3.05) is 12.4 Å². The molecular weight excluding hydrogens is 328 g/mol. The summed E-state index contributed by atoms with van der Waals surface area (Å²) in [5.74, 6) is 6.40. The maximum atomic E-state index is 11.3. The SMILES string of the molecule is CNc1c(C)nsc1C#Cc1cc2cc(C3(C(=O)O)CC3)oc2o1. The van der Waals surface area contributed by atoms with Crippen LogP contribution < -0.4 is 5.32 Å². The highest BCUT2D eigenvalue weighted by Gasteiger charge is 2.54. The van der Waals surface area contributed by atoms with Gasteiger partial charge in [-0.15, -0.1) is 0 Å². The third-order valence-corrected chi connectivity index (χ3v) is 5.11. The molecule has 24 heavy (non-hydrogen) atoms. The van der Waals surface area contributed by atoms with Crippen LogP contribution in [0.5, 0.6) is 0 Å². The number of aliphatic carboxylic acids is 1. The number of rotatable bonds is 3. The predicted molar refractivity (Wildman–Crippen MR) is 89.4 cm³/mol. The van der Waals surface area contributed by atoms with Crippen LogP contribution in [0.1, 0.15) is 34.9 Å². The zero-order chi connectivity index (χ0) is 16.9. The van der Waals surface area contributed by atoms with E-state index in [9.17, 15) is 9.90 Å². The fourth-order valence-corrected chi connectivity index (χ4v) is 3.45. The van der Waals surface area contributed by atoms with Gasteiger partial charge < -0.3 is 19.3 Å². The molecule has 6 nitrogen and oxygen atoms in total. The van der Waals surface area contributed by atoms with Gasteiger partial charge >= 0.3 is 5.97 Å². The summed E-state index contributed by atoms with van der Waals surface area (Å²) in [7, 11) is 1.83. The van der Waals surface area contributed by atoms with Gasteiger partial charge in [-0.25, -0.2) is 0 Å². The number of nitrogens with zero attached hydrogens (tertiary/aromatic N) is 1. The maximum Gasteiger partial charge on any atom is 0.317 e. The van der Waals surface area contributed by atoms with E-state index in [1.807, 2.05) is 14.0 Å². The van der Waals surface area contributed by atoms with Gasteiger partial charge in [-0.05, 0) is 49.2 Å². The van der Waals surface area contributed by atoms with Gasteiger partial charge in [-0.2, -0.15) is 4.37 Å². The van der Waals surface area contributed by atoms with E-state index in [-0.39, 0.29) is 0 Å². The highest BCUT2D eigenvalue weighted by atomic mass is 32.1. The molecule has 0 spiro atoms. The largest absolute Gasteiger partial charge is 0.480 e. The Kier molecular flexibility index (Phi) is 3.18. The van der Waals surface area contributed by atoms with Gasteiger partial charge in [0.05, 0.1) is 16.8 Å². The van der Waals surface area contributed by atoms with Crippen molar-refractivity contribution in [3.63, 3.8) is 0 Å². The van der Waals surface area contributed by atoms with Crippen molar-refractivity contribution >= 4 is 34.4 Å². The number of aromatic nitrogens is 1. The Labute approximate surface area is 141 Å². The van der Waals surface area contributed by atoms with Crippen molar-refractivity contribution in [1.82, 2.24) is 4.37 Å². The zero-order valence-corrected chi connectivity index (χ0v) is 13.9. The molecule has 0 radical (unpaired) electrons. The second kappa shape index (κ2) is 5.14. The summed E-state index contributed by atoms with van der Waals surface area (Å²) in [6.45, 7) is 1.92. The van der Waals surface area contributed by atoms with Crippen LogP contribution in [0.25, 0.3) is 11.2 Å². The predicted octanol–water partition coefficient (Wildman–Crippen LogP) is 3.35. The Morgan fingerprint density at radius 3 is 2.79 bits per heavy atom. The lowest BCUT2D eigenvalue weighted by Crippen LogP contribution is -2.18. The van der Waals surface area contributed by atoms with Crippen LogP contribution in [0, 0.1) is 18.8 Å². The van der Waals surface area contributed by atoms with E-state index in [1.165, 1.54) is 11.5 Å². The van der Waals surface area contributed by atoms with Crippen LogP contribution >= 0.6 is 11.5 Å². The molecule has 1 aliphatic rings. The van der Waals surface area contributed by atoms with E-state index in [2.05, 4.69) is 21.5 Å². The Morgan fingerprint density at radius 1 is 1.38 bits per heavy atom. The molecule has 3 aromatic heterocycles. The molecule has 0 aromatic carbocycles. The number of carboxylic acids is 1. The minimum absolute atomic E-state index is 0.316. The fourth-order valence-electron chi connectivity index (χ4n) is 2.70. The molecule has 3 aromatic rings. The normalized spacial score (nSPS) is 15.1. The molecule has 1 fully saturated rings. The summed E-state index contributed by atoms with van der Waals surface area (Å²) >= 11 is 1.33. The van der Waals surface area contributed by atoms with Crippen molar-refractivity contribution < 1.29 is 18.7 Å². The Bertz CT molecular complexity index is 979. The average molecular weight is 342 g/mol. The van der Waals surface area contributed by atoms with E-state index >= 15 is 0 Å². The van der Waals surface area contributed by atoms with Crippen LogP contribution in [0.4, 0.5) is 5.69 Å². The smallest absolute Gasteiger partial charge is 0.317 e. The first-order valence-corrected chi connectivity index (χ1v) is 8.24. The Balaban J connectivity index is 1.64. The second-order valence-corrected chi connectivity index (χ2v) is 6.60. The zero-order valence-electron chi connectivity index (χ0n) is 13.1. The quantitative estimate of drug-likeness (QED) is 0.710. The molecular formula is C17H14N2O4S. The summed E-state index contributed by atoms with van der Waals surface area (Å²) in [5, 5.41) is 13.1. The third-order valence-electron chi connectivity index (χ3n) is 4.26. The number of carboxylic acid groups (broad SMARTS) is 1. The molecule has 0 amide bonds. The summed E-state index contributed by atoms with van der Waals surface area (Å²) in [4.78, 5) is 12.2. The average Bonchev–Trinajstić information content (AvgIpc) is 2.96. The van der Waals surface area contributed by atoms with Gasteiger partial charge in [0, 0.05) is 13.1 Å². The summed E-state index contributed by atoms with van der Waals surface area (Å²) < 4.78 is 15.5. The first kappa shape index (κ1) is 14.8. The van der Waals surface area contributed by atoms with Crippen LogP contribution in [0.15, 0.2) is 21.0 Å². The molecule has 0 atom stereocenters. The monoisotopic (exact) mass is 342 g/mol. The number of furan rings is 2. The minimum Gasteiger partial charge on any atom is -0.480 e. The summed E-state index contributed by atoms with van der Waals surface area (Å²) in [6, 6.07) is 3.50. The van der Waals surface area contributed by atoms with E-state index in [0.29, 0.717) is 30.1 Å². The standard InChI is InChI=1S/C17H14N2O4S/c1-9-14(18-2)12(24-19-9)4-3-11-7-10-8-13(23-15(10)22-11)17(5-6-17)16(20)21/h7-8,18H,5-6H2,1-2H3,(H,20,21). The molecule has 122 valence electrons. The van der Waals surface area contributed by atoms with Gasteiger partial charge in [-0.1, -0.05) is 0 Å². The van der Waals surface area contributed by atoms with Gasteiger partial charge in [0.25, 0.3) is 5.78 Å². The van der Waals surface area contributed by atoms with Crippen molar-refractivity contribution in [3.05, 3.63) is 34.2 Å². The molecule has 2 N–H and O–H groups in total. The number of nitrogens with one attached hydrogen (secondary N) is 1. The number of aryl methyl sites for hydroxylation is 1. The maximum absolute atomic E-state index is 11.3. The van der Waals surface area contributed by atoms with Crippen molar-refractivity contribution in [2.45, 2.75) is 25.2 Å². The van der Waals surface area contributed by atoms with E-state index < -0.39 is 11.4 Å². The van der Waals surface area contributed by atoms with Crippen LogP contribution in [-0.2, 0) is 10.2 Å². The third kappa shape index (κ3) is 2.19. The van der Waals surface area contributed by atoms with Gasteiger partial charge in [0.1, 0.15) is 16.1 Å². The van der Waals surface area contributed by atoms with E-state index in [4.69, 9.17) is 8.83 Å². The topological polar surface area (TPSA) is 88.5 Å². The molecule has 1 saturated carbocycles. The van der Waals surface area contributed by atoms with Gasteiger partial charge in [-0.3, -0.25) is 4.79 Å². The molecule has 0 bridgehead atoms. The molecule has 0 saturated heterocycles. The lowest BCUT2D eigenvalue weighted by Gasteiger charge is -2.03. The molecule has 0 aliphatic heterocycles. The van der Waals surface area contributed by atoms with Crippen molar-refractivity contribution in [3.8, 4) is 11.8 Å². The number of carbonyl (C=O) groups is 1. The Morgan fingerprint density at radius 2 is 2.17 bits per heavy atom. The van der Waals surface area contributed by atoms with E-state index in [1.54, 1.807) is 12.1 Å². The molecule has 0 unspecified atom stereocenters. The minimum atomic E-state index is -0.866. The highest BCUT2D eigenvalue weighted by Crippen LogP contribution is 2.50. The molecule has 7 heteroatoms. The van der Waals surface area contributed by atoms with Crippen molar-refractivity contribution in [2.24, 2.45) is 0 Å². The van der Waals surface area contributed by atoms with Crippen molar-refractivity contribution in [1.29, 1.82) is 0 Å². The number of fused-ring (bicyclic) bond motifs is 1. The Hall–Kier alpha value is -2.72. The molecule has 1 aliphatic carbocycles. The van der Waals surface area contributed by atoms with E-state index in [0.717, 1.165) is 21.6 Å². The fraction of sp³-hybridized carbons (Fsp3) is 0.294.